The number of amides is 2. The number of rotatable bonds is 4. The predicted octanol–water partition coefficient (Wildman–Crippen LogP) is 4.10. The van der Waals surface area contributed by atoms with Crippen LogP contribution in [-0.2, 0) is 6.18 Å². The molecule has 9 nitrogen and oxygen atoms in total. The van der Waals surface area contributed by atoms with Gasteiger partial charge in [0.05, 0.1) is 23.0 Å². The number of nitriles is 1. The SMILES string of the molecule is CC(Nc1ncc(C#N)c(-c2c[nH]c3ncc(C(F)(F)F)cc23)n1)C1CCN(C(=O)N(C)C)CC1. The Morgan fingerprint density at radius 2 is 2.00 bits per heavy atom. The van der Waals surface area contributed by atoms with E-state index in [0.29, 0.717) is 18.7 Å². The number of hydrogen-bond donors (Lipinski definition) is 2. The van der Waals surface area contributed by atoms with Crippen LogP contribution < -0.4 is 5.32 Å². The summed E-state index contributed by atoms with van der Waals surface area (Å²) in [4.78, 5) is 31.0. The largest absolute Gasteiger partial charge is 0.417 e. The van der Waals surface area contributed by atoms with Gasteiger partial charge in [-0.3, -0.25) is 0 Å². The highest BCUT2D eigenvalue weighted by molar-refractivity contribution is 5.94. The van der Waals surface area contributed by atoms with Gasteiger partial charge < -0.3 is 20.1 Å². The summed E-state index contributed by atoms with van der Waals surface area (Å²) in [5.74, 6) is 0.545. The number of H-pyrrole nitrogens is 1. The fourth-order valence-electron chi connectivity index (χ4n) is 4.29. The quantitative estimate of drug-likeness (QED) is 0.574. The van der Waals surface area contributed by atoms with Crippen molar-refractivity contribution in [1.82, 2.24) is 29.7 Å². The Labute approximate surface area is 200 Å². The zero-order valence-electron chi connectivity index (χ0n) is 19.5. The third-order valence-electron chi connectivity index (χ3n) is 6.28. The number of aromatic amines is 1. The maximum absolute atomic E-state index is 13.2. The van der Waals surface area contributed by atoms with Crippen LogP contribution in [0, 0.1) is 17.2 Å². The molecule has 35 heavy (non-hydrogen) atoms. The molecule has 3 aromatic rings. The second kappa shape index (κ2) is 9.40. The molecule has 0 aromatic carbocycles. The zero-order valence-corrected chi connectivity index (χ0v) is 19.5. The molecule has 0 saturated carbocycles. The lowest BCUT2D eigenvalue weighted by atomic mass is 9.90. The Kier molecular flexibility index (Phi) is 6.51. The van der Waals surface area contributed by atoms with Gasteiger partial charge in [0, 0.05) is 56.6 Å². The van der Waals surface area contributed by atoms with E-state index in [1.807, 2.05) is 17.9 Å². The fourth-order valence-corrected chi connectivity index (χ4v) is 4.29. The highest BCUT2D eigenvalue weighted by atomic mass is 19.4. The third kappa shape index (κ3) is 4.99. The molecular weight excluding hydrogens is 461 g/mol. The molecule has 4 rings (SSSR count). The predicted molar refractivity (Wildman–Crippen MR) is 123 cm³/mol. The minimum atomic E-state index is -4.55. The standard InChI is InChI=1S/C23H25F3N8O/c1-13(14-4-6-34(7-5-14)22(35)33(2)3)31-21-30-10-15(9-27)19(32-21)18-12-29-20-17(18)8-16(11-28-20)23(24,25)26/h8,10-14H,4-7H2,1-3H3,(H,28,29)(H,30,31,32). The first-order valence-electron chi connectivity index (χ1n) is 11.1. The van der Waals surface area contributed by atoms with Gasteiger partial charge in [0.15, 0.2) is 0 Å². The second-order valence-corrected chi connectivity index (χ2v) is 8.82. The summed E-state index contributed by atoms with van der Waals surface area (Å²) in [5.41, 5.74) is 0.0682. The van der Waals surface area contributed by atoms with E-state index < -0.39 is 11.7 Å². The van der Waals surface area contributed by atoms with Crippen molar-refractivity contribution >= 4 is 23.0 Å². The van der Waals surface area contributed by atoms with Crippen molar-refractivity contribution < 1.29 is 18.0 Å². The summed E-state index contributed by atoms with van der Waals surface area (Å²) in [6.45, 7) is 3.30. The minimum Gasteiger partial charge on any atom is -0.351 e. The van der Waals surface area contributed by atoms with Crippen LogP contribution in [0.4, 0.5) is 23.9 Å². The average Bonchev–Trinajstić information content (AvgIpc) is 3.26. The molecule has 0 radical (unpaired) electrons. The maximum atomic E-state index is 13.2. The molecule has 1 saturated heterocycles. The highest BCUT2D eigenvalue weighted by Crippen LogP contribution is 2.35. The van der Waals surface area contributed by atoms with Crippen molar-refractivity contribution in [3.63, 3.8) is 0 Å². The van der Waals surface area contributed by atoms with Crippen LogP contribution in [0.5, 0.6) is 0 Å². The van der Waals surface area contributed by atoms with Crippen LogP contribution in [0.3, 0.4) is 0 Å². The molecule has 0 spiro atoms. The Morgan fingerprint density at radius 3 is 2.63 bits per heavy atom. The topological polar surface area (TPSA) is 114 Å². The van der Waals surface area contributed by atoms with E-state index in [2.05, 4.69) is 25.3 Å². The van der Waals surface area contributed by atoms with Gasteiger partial charge in [-0.25, -0.2) is 19.7 Å². The number of hydrogen-bond acceptors (Lipinski definition) is 6. The van der Waals surface area contributed by atoms with Crippen LogP contribution in [0.1, 0.15) is 30.9 Å². The number of anilines is 1. The number of nitrogens with one attached hydrogen (secondary N) is 2. The van der Waals surface area contributed by atoms with Gasteiger partial charge >= 0.3 is 12.2 Å². The van der Waals surface area contributed by atoms with E-state index >= 15 is 0 Å². The molecule has 1 atom stereocenters. The molecule has 1 fully saturated rings. The zero-order chi connectivity index (χ0) is 25.3. The number of aromatic nitrogens is 4. The number of pyridine rings is 1. The molecule has 1 aliphatic heterocycles. The number of piperidine rings is 1. The Bertz CT molecular complexity index is 1270. The van der Waals surface area contributed by atoms with Gasteiger partial charge in [0.1, 0.15) is 11.7 Å². The number of carbonyl (C=O) groups excluding carboxylic acids is 1. The molecule has 4 heterocycles. The summed E-state index contributed by atoms with van der Waals surface area (Å²) in [7, 11) is 3.46. The number of fused-ring (bicyclic) bond motifs is 1. The molecule has 2 amide bonds. The molecule has 12 heteroatoms. The van der Waals surface area contributed by atoms with Crippen molar-refractivity contribution in [2.24, 2.45) is 5.92 Å². The van der Waals surface area contributed by atoms with Gasteiger partial charge in [-0.2, -0.15) is 18.4 Å². The van der Waals surface area contributed by atoms with Crippen molar-refractivity contribution in [1.29, 1.82) is 5.26 Å². The monoisotopic (exact) mass is 486 g/mol. The Hall–Kier alpha value is -3.88. The van der Waals surface area contributed by atoms with Crippen molar-refractivity contribution in [2.45, 2.75) is 32.0 Å². The van der Waals surface area contributed by atoms with E-state index in [1.165, 1.54) is 12.4 Å². The summed E-state index contributed by atoms with van der Waals surface area (Å²) in [5, 5.41) is 13.0. The number of nitrogens with zero attached hydrogens (tertiary/aromatic N) is 6. The molecule has 0 aliphatic carbocycles. The molecule has 2 N–H and O–H groups in total. The molecule has 3 aromatic heterocycles. The Morgan fingerprint density at radius 1 is 1.29 bits per heavy atom. The van der Waals surface area contributed by atoms with E-state index in [-0.39, 0.29) is 46.2 Å². The van der Waals surface area contributed by atoms with Gasteiger partial charge in [0.2, 0.25) is 5.95 Å². The number of urea groups is 1. The van der Waals surface area contributed by atoms with Crippen LogP contribution in [-0.4, -0.2) is 69.0 Å². The van der Waals surface area contributed by atoms with Crippen molar-refractivity contribution in [2.75, 3.05) is 32.5 Å². The minimum absolute atomic E-state index is 0.00831. The lowest BCUT2D eigenvalue weighted by Gasteiger charge is -2.36. The van der Waals surface area contributed by atoms with Crippen LogP contribution in [0.25, 0.3) is 22.3 Å². The number of alkyl halides is 3. The van der Waals surface area contributed by atoms with Crippen LogP contribution in [0.2, 0.25) is 0 Å². The summed E-state index contributed by atoms with van der Waals surface area (Å²) >= 11 is 0. The van der Waals surface area contributed by atoms with E-state index in [0.717, 1.165) is 25.1 Å². The van der Waals surface area contributed by atoms with Crippen molar-refractivity contribution in [3.05, 3.63) is 35.8 Å². The highest BCUT2D eigenvalue weighted by Gasteiger charge is 2.32. The molecular formula is C23H25F3N8O. The number of carbonyl (C=O) groups is 1. The average molecular weight is 487 g/mol. The molecule has 0 bridgehead atoms. The smallest absolute Gasteiger partial charge is 0.351 e. The molecule has 1 unspecified atom stereocenters. The Balaban J connectivity index is 1.57. The van der Waals surface area contributed by atoms with Crippen LogP contribution in [0.15, 0.2) is 24.7 Å². The van der Waals surface area contributed by atoms with E-state index in [1.54, 1.807) is 19.0 Å². The van der Waals surface area contributed by atoms with E-state index in [4.69, 9.17) is 0 Å². The third-order valence-corrected chi connectivity index (χ3v) is 6.28. The lowest BCUT2D eigenvalue weighted by Crippen LogP contribution is -2.46. The van der Waals surface area contributed by atoms with Gasteiger partial charge in [-0.15, -0.1) is 0 Å². The summed E-state index contributed by atoms with van der Waals surface area (Å²) < 4.78 is 39.7. The number of halogens is 3. The first-order valence-corrected chi connectivity index (χ1v) is 11.1. The fraction of sp³-hybridized carbons (Fsp3) is 0.435. The first-order chi connectivity index (χ1) is 16.6. The van der Waals surface area contributed by atoms with Crippen molar-refractivity contribution in [3.8, 4) is 17.3 Å². The molecule has 184 valence electrons. The van der Waals surface area contributed by atoms with E-state index in [9.17, 15) is 23.2 Å². The normalized spacial score (nSPS) is 15.6. The summed E-state index contributed by atoms with van der Waals surface area (Å²) in [6, 6.07) is 2.98. The second-order valence-electron chi connectivity index (χ2n) is 8.82. The first kappa shape index (κ1) is 24.3. The van der Waals surface area contributed by atoms with Gasteiger partial charge in [0.25, 0.3) is 0 Å². The van der Waals surface area contributed by atoms with Gasteiger partial charge in [-0.05, 0) is 31.7 Å². The molecule has 1 aliphatic rings. The maximum Gasteiger partial charge on any atom is 0.417 e. The van der Waals surface area contributed by atoms with Gasteiger partial charge in [-0.1, -0.05) is 0 Å². The van der Waals surface area contributed by atoms with Crippen LogP contribution >= 0.6 is 0 Å². The number of likely N-dealkylation sites (tertiary alicyclic amines) is 1. The summed E-state index contributed by atoms with van der Waals surface area (Å²) in [6.07, 6.45) is 0.686. The lowest BCUT2D eigenvalue weighted by molar-refractivity contribution is -0.137.